The molecule has 0 heterocycles. The fourth-order valence-electron chi connectivity index (χ4n) is 1.10. The number of halogens is 2. The van der Waals surface area contributed by atoms with Gasteiger partial charge in [-0.3, -0.25) is 10.1 Å². The first kappa shape index (κ1) is 11.5. The topological polar surface area (TPSA) is 43.1 Å². The number of hydrogen-bond acceptors (Lipinski definition) is 2. The monoisotopic (exact) mass is 277 g/mol. The Labute approximate surface area is 95.4 Å². The van der Waals surface area contributed by atoms with Crippen molar-refractivity contribution in [1.29, 1.82) is 0 Å². The van der Waals surface area contributed by atoms with Gasteiger partial charge in [0.25, 0.3) is 5.69 Å². The number of alkyl halides is 1. The van der Waals surface area contributed by atoms with E-state index in [1.807, 2.05) is 0 Å². The minimum absolute atomic E-state index is 0.0990. The Morgan fingerprint density at radius 2 is 2.14 bits per heavy atom. The molecule has 1 unspecified atom stereocenters. The zero-order valence-electron chi connectivity index (χ0n) is 7.75. The van der Waals surface area contributed by atoms with E-state index in [1.165, 1.54) is 6.07 Å². The quantitative estimate of drug-likeness (QED) is 0.467. The van der Waals surface area contributed by atoms with E-state index < -0.39 is 4.92 Å². The molecule has 3 nitrogen and oxygen atoms in total. The van der Waals surface area contributed by atoms with Crippen LogP contribution in [0, 0.1) is 17.0 Å². The second-order valence-electron chi connectivity index (χ2n) is 3.02. The van der Waals surface area contributed by atoms with Crippen molar-refractivity contribution in [2.45, 2.75) is 19.2 Å². The number of nitro benzene ring substituents is 1. The van der Waals surface area contributed by atoms with Gasteiger partial charge in [0.05, 0.1) is 10.3 Å². The predicted octanol–water partition coefficient (Wildman–Crippen LogP) is 3.97. The Balaban J connectivity index is 3.35. The molecular formula is C9H9BrClNO2. The standard InChI is InChI=1S/C9H9BrClNO2/c1-5-8(10)3-7(6(2)11)4-9(5)12(13)14/h3-4,6H,1-2H3. The average Bonchev–Trinajstić information content (AvgIpc) is 2.08. The van der Waals surface area contributed by atoms with Gasteiger partial charge in [0.1, 0.15) is 0 Å². The van der Waals surface area contributed by atoms with Crippen molar-refractivity contribution in [2.24, 2.45) is 0 Å². The lowest BCUT2D eigenvalue weighted by Gasteiger charge is -2.06. The SMILES string of the molecule is Cc1c(Br)cc(C(C)Cl)cc1[N+](=O)[O-]. The van der Waals surface area contributed by atoms with Gasteiger partial charge in [-0.15, -0.1) is 11.6 Å². The molecule has 1 rings (SSSR count). The predicted molar refractivity (Wildman–Crippen MR) is 59.8 cm³/mol. The van der Waals surface area contributed by atoms with Gasteiger partial charge in [-0.05, 0) is 25.5 Å². The maximum Gasteiger partial charge on any atom is 0.273 e. The van der Waals surface area contributed by atoms with Crippen LogP contribution in [0.2, 0.25) is 0 Å². The van der Waals surface area contributed by atoms with E-state index in [1.54, 1.807) is 19.9 Å². The largest absolute Gasteiger partial charge is 0.273 e. The summed E-state index contributed by atoms with van der Waals surface area (Å²) in [7, 11) is 0. The summed E-state index contributed by atoms with van der Waals surface area (Å²) in [6.45, 7) is 3.48. The summed E-state index contributed by atoms with van der Waals surface area (Å²) in [4.78, 5) is 10.3. The Kier molecular flexibility index (Phi) is 3.50. The third-order valence-corrected chi connectivity index (χ3v) is 3.07. The molecule has 1 aromatic carbocycles. The lowest BCUT2D eigenvalue weighted by molar-refractivity contribution is -0.385. The molecule has 0 aliphatic heterocycles. The van der Waals surface area contributed by atoms with Crippen LogP contribution in [-0.2, 0) is 0 Å². The van der Waals surface area contributed by atoms with E-state index in [-0.39, 0.29) is 11.1 Å². The Hall–Kier alpha value is -0.610. The first-order valence-corrected chi connectivity index (χ1v) is 5.25. The molecule has 5 heteroatoms. The van der Waals surface area contributed by atoms with E-state index in [4.69, 9.17) is 11.6 Å². The highest BCUT2D eigenvalue weighted by molar-refractivity contribution is 9.10. The van der Waals surface area contributed by atoms with E-state index >= 15 is 0 Å². The van der Waals surface area contributed by atoms with Crippen LogP contribution in [0.5, 0.6) is 0 Å². The van der Waals surface area contributed by atoms with Gasteiger partial charge in [0.15, 0.2) is 0 Å². The first-order valence-electron chi connectivity index (χ1n) is 4.02. The smallest absolute Gasteiger partial charge is 0.258 e. The van der Waals surface area contributed by atoms with Crippen molar-refractivity contribution >= 4 is 33.2 Å². The zero-order valence-corrected chi connectivity index (χ0v) is 10.1. The molecule has 1 atom stereocenters. The molecule has 1 aromatic rings. The molecule has 0 amide bonds. The minimum Gasteiger partial charge on any atom is -0.258 e. The molecule has 0 spiro atoms. The third kappa shape index (κ3) is 2.25. The van der Waals surface area contributed by atoms with E-state index in [9.17, 15) is 10.1 Å². The maximum absolute atomic E-state index is 10.7. The van der Waals surface area contributed by atoms with Crippen molar-refractivity contribution in [3.05, 3.63) is 37.8 Å². The Morgan fingerprint density at radius 3 is 2.57 bits per heavy atom. The van der Waals surface area contributed by atoms with Crippen molar-refractivity contribution in [3.8, 4) is 0 Å². The summed E-state index contributed by atoms with van der Waals surface area (Å²) in [6, 6.07) is 3.32. The molecule has 0 aliphatic rings. The van der Waals surface area contributed by atoms with Gasteiger partial charge in [-0.2, -0.15) is 0 Å². The van der Waals surface area contributed by atoms with Crippen LogP contribution in [0.1, 0.15) is 23.4 Å². The summed E-state index contributed by atoms with van der Waals surface area (Å²) in [6.07, 6.45) is 0. The Bertz CT molecular complexity index is 379. The molecule has 0 aromatic heterocycles. The summed E-state index contributed by atoms with van der Waals surface area (Å²) in [5.41, 5.74) is 1.47. The van der Waals surface area contributed by atoms with E-state index in [2.05, 4.69) is 15.9 Å². The van der Waals surface area contributed by atoms with Crippen LogP contribution in [0.25, 0.3) is 0 Å². The number of benzene rings is 1. The van der Waals surface area contributed by atoms with Crippen molar-refractivity contribution < 1.29 is 4.92 Å². The average molecular weight is 279 g/mol. The third-order valence-electron chi connectivity index (χ3n) is 2.00. The van der Waals surface area contributed by atoms with Crippen LogP contribution in [0.3, 0.4) is 0 Å². The van der Waals surface area contributed by atoms with Gasteiger partial charge in [-0.1, -0.05) is 15.9 Å². The molecule has 0 aliphatic carbocycles. The second kappa shape index (κ2) is 4.28. The fourth-order valence-corrected chi connectivity index (χ4v) is 1.70. The summed E-state index contributed by atoms with van der Waals surface area (Å²) >= 11 is 9.13. The van der Waals surface area contributed by atoms with Gasteiger partial charge < -0.3 is 0 Å². The van der Waals surface area contributed by atoms with Gasteiger partial charge in [-0.25, -0.2) is 0 Å². The van der Waals surface area contributed by atoms with Crippen LogP contribution in [-0.4, -0.2) is 4.92 Å². The lowest BCUT2D eigenvalue weighted by atomic mass is 10.1. The highest BCUT2D eigenvalue weighted by Gasteiger charge is 2.16. The molecule has 0 N–H and O–H groups in total. The maximum atomic E-state index is 10.7. The summed E-state index contributed by atoms with van der Waals surface area (Å²) in [5, 5.41) is 10.5. The highest BCUT2D eigenvalue weighted by atomic mass is 79.9. The molecule has 0 radical (unpaired) electrons. The molecule has 0 saturated carbocycles. The van der Waals surface area contributed by atoms with Crippen molar-refractivity contribution in [3.63, 3.8) is 0 Å². The second-order valence-corrected chi connectivity index (χ2v) is 4.53. The number of rotatable bonds is 2. The Morgan fingerprint density at radius 1 is 1.57 bits per heavy atom. The zero-order chi connectivity index (χ0) is 10.9. The molecule has 0 saturated heterocycles. The summed E-state index contributed by atoms with van der Waals surface area (Å²) < 4.78 is 0.717. The van der Waals surface area contributed by atoms with E-state index in [0.29, 0.717) is 10.0 Å². The molecule has 76 valence electrons. The van der Waals surface area contributed by atoms with Gasteiger partial charge in [0, 0.05) is 16.1 Å². The summed E-state index contributed by atoms with van der Waals surface area (Å²) in [5.74, 6) is 0. The van der Waals surface area contributed by atoms with Crippen molar-refractivity contribution in [2.75, 3.05) is 0 Å². The fraction of sp³-hybridized carbons (Fsp3) is 0.333. The lowest BCUT2D eigenvalue weighted by Crippen LogP contribution is -1.95. The first-order chi connectivity index (χ1) is 6.43. The number of nitro groups is 1. The number of hydrogen-bond donors (Lipinski definition) is 0. The van der Waals surface area contributed by atoms with Crippen molar-refractivity contribution in [1.82, 2.24) is 0 Å². The molecule has 0 fully saturated rings. The highest BCUT2D eigenvalue weighted by Crippen LogP contribution is 2.32. The van der Waals surface area contributed by atoms with Crippen LogP contribution < -0.4 is 0 Å². The van der Waals surface area contributed by atoms with Crippen LogP contribution >= 0.6 is 27.5 Å². The molecule has 0 bridgehead atoms. The van der Waals surface area contributed by atoms with Crippen LogP contribution in [0.15, 0.2) is 16.6 Å². The number of nitrogens with zero attached hydrogens (tertiary/aromatic N) is 1. The minimum atomic E-state index is -0.400. The van der Waals surface area contributed by atoms with Gasteiger partial charge in [0.2, 0.25) is 0 Å². The van der Waals surface area contributed by atoms with Crippen LogP contribution in [0.4, 0.5) is 5.69 Å². The molecule has 14 heavy (non-hydrogen) atoms. The van der Waals surface area contributed by atoms with E-state index in [0.717, 1.165) is 5.56 Å². The molecular weight excluding hydrogens is 269 g/mol. The van der Waals surface area contributed by atoms with Gasteiger partial charge >= 0.3 is 0 Å². The normalized spacial score (nSPS) is 12.6.